The maximum Gasteiger partial charge on any atom is 0.324 e. The van der Waals surface area contributed by atoms with E-state index >= 15 is 0 Å². The van der Waals surface area contributed by atoms with Crippen LogP contribution in [-0.4, -0.2) is 43.5 Å². The number of rotatable bonds is 5. The Labute approximate surface area is 131 Å². The third-order valence-electron chi connectivity index (χ3n) is 5.46. The van der Waals surface area contributed by atoms with Crippen LogP contribution in [0.15, 0.2) is 0 Å². The van der Waals surface area contributed by atoms with Gasteiger partial charge in [0.15, 0.2) is 0 Å². The Kier molecular flexibility index (Phi) is 4.24. The normalized spacial score (nSPS) is 30.1. The second-order valence-electron chi connectivity index (χ2n) is 7.32. The molecule has 3 rings (SSSR count). The molecular weight excluding hydrogens is 306 g/mol. The molecule has 126 valence electrons. The molecule has 2 aliphatic carbocycles. The molecule has 2 N–H and O–H groups in total. The fourth-order valence-electron chi connectivity index (χ4n) is 4.51. The van der Waals surface area contributed by atoms with Gasteiger partial charge in [-0.2, -0.15) is 4.72 Å². The van der Waals surface area contributed by atoms with Crippen molar-refractivity contribution in [1.29, 1.82) is 0 Å². The van der Waals surface area contributed by atoms with E-state index in [4.69, 9.17) is 4.74 Å². The predicted octanol–water partition coefficient (Wildman–Crippen LogP) is 1.65. The highest BCUT2D eigenvalue weighted by Crippen LogP contribution is 2.57. The number of hydrogen-bond acceptors (Lipinski definition) is 4. The topological polar surface area (TPSA) is 92.7 Å². The Hall–Kier alpha value is -0.660. The molecule has 0 radical (unpaired) electrons. The van der Waals surface area contributed by atoms with Crippen LogP contribution in [0.3, 0.4) is 0 Å². The summed E-state index contributed by atoms with van der Waals surface area (Å²) < 4.78 is 32.5. The van der Waals surface area contributed by atoms with E-state index in [2.05, 4.69) is 4.72 Å². The van der Waals surface area contributed by atoms with Crippen LogP contribution < -0.4 is 4.72 Å². The lowest BCUT2D eigenvalue weighted by atomic mass is 9.52. The first-order valence-corrected chi connectivity index (χ1v) is 9.87. The molecule has 1 heterocycles. The molecule has 0 aromatic rings. The van der Waals surface area contributed by atoms with Crippen molar-refractivity contribution in [2.45, 2.75) is 69.4 Å². The number of aliphatic carboxylic acids is 1. The molecule has 1 atom stereocenters. The highest BCUT2D eigenvalue weighted by atomic mass is 32.2. The molecule has 2 saturated carbocycles. The van der Waals surface area contributed by atoms with E-state index in [0.717, 1.165) is 38.5 Å². The number of carboxylic acids is 1. The quantitative estimate of drug-likeness (QED) is 0.799. The molecule has 1 unspecified atom stereocenters. The van der Waals surface area contributed by atoms with Crippen LogP contribution in [0, 0.1) is 5.41 Å². The average Bonchev–Trinajstić information content (AvgIpc) is 2.89. The van der Waals surface area contributed by atoms with Crippen LogP contribution in [0.2, 0.25) is 0 Å². The van der Waals surface area contributed by atoms with Crippen molar-refractivity contribution < 1.29 is 23.1 Å². The Morgan fingerprint density at radius 2 is 1.86 bits per heavy atom. The zero-order valence-electron chi connectivity index (χ0n) is 12.8. The van der Waals surface area contributed by atoms with E-state index in [9.17, 15) is 18.3 Å². The fraction of sp³-hybridized carbons (Fsp3) is 0.933. The molecule has 1 spiro atoms. The van der Waals surface area contributed by atoms with Gasteiger partial charge in [-0.1, -0.05) is 19.3 Å². The Balaban J connectivity index is 1.66. The Morgan fingerprint density at radius 1 is 1.18 bits per heavy atom. The van der Waals surface area contributed by atoms with Crippen molar-refractivity contribution in [2.24, 2.45) is 5.41 Å². The van der Waals surface area contributed by atoms with E-state index < -0.39 is 21.5 Å². The van der Waals surface area contributed by atoms with Crippen molar-refractivity contribution in [3.63, 3.8) is 0 Å². The summed E-state index contributed by atoms with van der Waals surface area (Å²) in [7, 11) is -3.64. The van der Waals surface area contributed by atoms with Crippen molar-refractivity contribution in [2.75, 3.05) is 12.4 Å². The minimum atomic E-state index is -3.64. The summed E-state index contributed by atoms with van der Waals surface area (Å²) in [6, 6.07) is 0. The smallest absolute Gasteiger partial charge is 0.324 e. The highest BCUT2D eigenvalue weighted by Gasteiger charge is 2.60. The summed E-state index contributed by atoms with van der Waals surface area (Å²) in [6.07, 6.45) is 7.65. The summed E-state index contributed by atoms with van der Waals surface area (Å²) in [6.45, 7) is 0.591. The van der Waals surface area contributed by atoms with Gasteiger partial charge in [0.2, 0.25) is 10.0 Å². The number of carbonyl (C=O) groups is 1. The van der Waals surface area contributed by atoms with E-state index in [-0.39, 0.29) is 17.3 Å². The lowest BCUT2D eigenvalue weighted by Gasteiger charge is -2.55. The predicted molar refractivity (Wildman–Crippen MR) is 81.0 cm³/mol. The van der Waals surface area contributed by atoms with Crippen LogP contribution in [-0.2, 0) is 19.6 Å². The van der Waals surface area contributed by atoms with E-state index in [1.807, 2.05) is 0 Å². The molecule has 0 bridgehead atoms. The van der Waals surface area contributed by atoms with Gasteiger partial charge in [0.1, 0.15) is 5.54 Å². The lowest BCUT2D eigenvalue weighted by Crippen LogP contribution is -2.67. The lowest BCUT2D eigenvalue weighted by molar-refractivity contribution is -0.156. The number of carboxylic acid groups (broad SMARTS) is 1. The van der Waals surface area contributed by atoms with Crippen LogP contribution in [0.5, 0.6) is 0 Å². The van der Waals surface area contributed by atoms with E-state index in [1.165, 1.54) is 6.42 Å². The van der Waals surface area contributed by atoms with Gasteiger partial charge < -0.3 is 9.84 Å². The molecule has 1 saturated heterocycles. The maximum absolute atomic E-state index is 12.3. The molecule has 7 heteroatoms. The molecule has 22 heavy (non-hydrogen) atoms. The van der Waals surface area contributed by atoms with Gasteiger partial charge in [0, 0.05) is 6.61 Å². The summed E-state index contributed by atoms with van der Waals surface area (Å²) in [5, 5.41) is 9.56. The van der Waals surface area contributed by atoms with E-state index in [1.54, 1.807) is 0 Å². The summed E-state index contributed by atoms with van der Waals surface area (Å²) >= 11 is 0. The van der Waals surface area contributed by atoms with Gasteiger partial charge in [-0.3, -0.25) is 4.79 Å². The van der Waals surface area contributed by atoms with Crippen LogP contribution >= 0.6 is 0 Å². The van der Waals surface area contributed by atoms with Gasteiger partial charge in [-0.05, 0) is 43.9 Å². The molecular formula is C15H25NO5S. The van der Waals surface area contributed by atoms with E-state index in [0.29, 0.717) is 19.4 Å². The Bertz CT molecular complexity index is 524. The monoisotopic (exact) mass is 331 g/mol. The first kappa shape index (κ1) is 16.2. The minimum absolute atomic E-state index is 0.0447. The van der Waals surface area contributed by atoms with Gasteiger partial charge >= 0.3 is 5.97 Å². The standard InChI is InChI=1S/C15H25NO5S/c17-13(18)15(10-14(11-15)6-2-1-3-7-14)16-22(19,20)9-12-5-4-8-21-12/h12,16H,1-11H2,(H,17,18). The van der Waals surface area contributed by atoms with Crippen LogP contribution in [0.1, 0.15) is 57.8 Å². The van der Waals surface area contributed by atoms with Crippen molar-refractivity contribution >= 4 is 16.0 Å². The largest absolute Gasteiger partial charge is 0.480 e. The average molecular weight is 331 g/mol. The van der Waals surface area contributed by atoms with Crippen molar-refractivity contribution in [1.82, 2.24) is 4.72 Å². The number of sulfonamides is 1. The third-order valence-corrected chi connectivity index (χ3v) is 6.97. The summed E-state index contributed by atoms with van der Waals surface area (Å²) in [5.74, 6) is -1.17. The van der Waals surface area contributed by atoms with Crippen molar-refractivity contribution in [3.8, 4) is 0 Å². The molecule has 3 aliphatic rings. The molecule has 0 amide bonds. The molecule has 0 aromatic heterocycles. The highest BCUT2D eigenvalue weighted by molar-refractivity contribution is 7.89. The second-order valence-corrected chi connectivity index (χ2v) is 9.09. The second kappa shape index (κ2) is 5.76. The summed E-state index contributed by atoms with van der Waals surface area (Å²) in [4.78, 5) is 11.7. The Morgan fingerprint density at radius 3 is 2.41 bits per heavy atom. The zero-order chi connectivity index (χ0) is 15.8. The van der Waals surface area contributed by atoms with Crippen LogP contribution in [0.25, 0.3) is 0 Å². The van der Waals surface area contributed by atoms with Crippen molar-refractivity contribution in [3.05, 3.63) is 0 Å². The zero-order valence-corrected chi connectivity index (χ0v) is 13.7. The number of hydrogen-bond donors (Lipinski definition) is 2. The molecule has 1 aliphatic heterocycles. The third kappa shape index (κ3) is 3.16. The first-order valence-electron chi connectivity index (χ1n) is 8.22. The molecule has 6 nitrogen and oxygen atoms in total. The molecule has 0 aromatic carbocycles. The maximum atomic E-state index is 12.3. The SMILES string of the molecule is O=C(O)C1(NS(=O)(=O)CC2CCCO2)CC2(CCCCC2)C1. The minimum Gasteiger partial charge on any atom is -0.480 e. The van der Waals surface area contributed by atoms with Gasteiger partial charge in [0.05, 0.1) is 11.9 Å². The molecule has 3 fully saturated rings. The van der Waals surface area contributed by atoms with Gasteiger partial charge in [-0.25, -0.2) is 8.42 Å². The fourth-order valence-corrected chi connectivity index (χ4v) is 6.17. The summed E-state index contributed by atoms with van der Waals surface area (Å²) in [5.41, 5.74) is -1.25. The first-order chi connectivity index (χ1) is 10.4. The van der Waals surface area contributed by atoms with Crippen LogP contribution in [0.4, 0.5) is 0 Å². The number of nitrogens with one attached hydrogen (secondary N) is 1. The van der Waals surface area contributed by atoms with Gasteiger partial charge in [0.25, 0.3) is 0 Å². The van der Waals surface area contributed by atoms with Gasteiger partial charge in [-0.15, -0.1) is 0 Å². The number of ether oxygens (including phenoxy) is 1.